The molecule has 0 spiro atoms. The smallest absolute Gasteiger partial charge is 0.405 e. The van der Waals surface area contributed by atoms with Crippen LogP contribution in [0.4, 0.5) is 0 Å². The molecule has 122 valence electrons. The normalized spacial score (nSPS) is 13.5. The molecule has 1 amide bonds. The van der Waals surface area contributed by atoms with Crippen LogP contribution in [0.1, 0.15) is 22.5 Å². The number of hydrogen-bond acceptors (Lipinski definition) is 5. The highest BCUT2D eigenvalue weighted by Gasteiger charge is 2.24. The molecule has 24 heavy (non-hydrogen) atoms. The average Bonchev–Trinajstić information content (AvgIpc) is 3.11. The molecule has 7 heteroatoms. The number of amides is 1. The highest BCUT2D eigenvalue weighted by atomic mass is 16.5. The maximum atomic E-state index is 12.1. The molecule has 2 heterocycles. The number of esters is 1. The number of hydrogen-bond donors (Lipinski definition) is 0. The lowest BCUT2D eigenvalue weighted by Crippen LogP contribution is -2.36. The first-order chi connectivity index (χ1) is 11.6. The summed E-state index contributed by atoms with van der Waals surface area (Å²) in [5, 5.41) is 17.0. The van der Waals surface area contributed by atoms with Gasteiger partial charge in [-0.05, 0) is 11.6 Å². The van der Waals surface area contributed by atoms with Crippen LogP contribution in [0.15, 0.2) is 59.8 Å². The van der Waals surface area contributed by atoms with Crippen LogP contribution in [-0.4, -0.2) is 35.7 Å². The SMILES string of the molecule is O=C(OCC(=O)N1CCC(c2ccccc2)=N1)c1cccc[n+]1[O-]. The minimum Gasteiger partial charge on any atom is -0.618 e. The van der Waals surface area contributed by atoms with Crippen LogP contribution in [0.5, 0.6) is 0 Å². The largest absolute Gasteiger partial charge is 0.618 e. The minimum absolute atomic E-state index is 0.166. The summed E-state index contributed by atoms with van der Waals surface area (Å²) in [5.74, 6) is -1.27. The van der Waals surface area contributed by atoms with Gasteiger partial charge in [-0.25, -0.2) is 9.80 Å². The first-order valence-electron chi connectivity index (χ1n) is 7.44. The van der Waals surface area contributed by atoms with E-state index < -0.39 is 18.5 Å². The van der Waals surface area contributed by atoms with Crippen LogP contribution in [0, 0.1) is 5.21 Å². The van der Waals surface area contributed by atoms with Crippen molar-refractivity contribution in [3.63, 3.8) is 0 Å². The zero-order valence-corrected chi connectivity index (χ0v) is 12.8. The molecule has 0 saturated heterocycles. The Hall–Kier alpha value is -3.22. The summed E-state index contributed by atoms with van der Waals surface area (Å²) >= 11 is 0. The lowest BCUT2D eigenvalue weighted by Gasteiger charge is -2.11. The van der Waals surface area contributed by atoms with Crippen LogP contribution in [0.25, 0.3) is 0 Å². The van der Waals surface area contributed by atoms with Crippen molar-refractivity contribution in [1.29, 1.82) is 0 Å². The zero-order valence-electron chi connectivity index (χ0n) is 12.8. The van der Waals surface area contributed by atoms with E-state index in [1.165, 1.54) is 23.3 Å². The predicted molar refractivity (Wildman–Crippen MR) is 85.0 cm³/mol. The number of ether oxygens (including phenoxy) is 1. The van der Waals surface area contributed by atoms with Gasteiger partial charge in [0.25, 0.3) is 5.91 Å². The molecule has 0 atom stereocenters. The third kappa shape index (κ3) is 3.40. The van der Waals surface area contributed by atoms with Gasteiger partial charge in [0.05, 0.1) is 12.3 Å². The second-order valence-corrected chi connectivity index (χ2v) is 5.17. The van der Waals surface area contributed by atoms with E-state index in [4.69, 9.17) is 4.74 Å². The number of benzene rings is 1. The molecular weight excluding hydrogens is 310 g/mol. The molecule has 0 aliphatic carbocycles. The number of nitrogens with zero attached hydrogens (tertiary/aromatic N) is 3. The summed E-state index contributed by atoms with van der Waals surface area (Å²) < 4.78 is 5.30. The van der Waals surface area contributed by atoms with Crippen LogP contribution >= 0.6 is 0 Å². The molecule has 1 aliphatic rings. The van der Waals surface area contributed by atoms with Gasteiger partial charge in [0.15, 0.2) is 12.8 Å². The Morgan fingerprint density at radius 3 is 2.67 bits per heavy atom. The van der Waals surface area contributed by atoms with Crippen molar-refractivity contribution >= 4 is 17.6 Å². The van der Waals surface area contributed by atoms with Gasteiger partial charge in [-0.3, -0.25) is 4.79 Å². The van der Waals surface area contributed by atoms with E-state index in [-0.39, 0.29) is 5.69 Å². The minimum atomic E-state index is -0.842. The highest BCUT2D eigenvalue weighted by molar-refractivity contribution is 6.02. The van der Waals surface area contributed by atoms with Gasteiger partial charge in [-0.15, -0.1) is 0 Å². The van der Waals surface area contributed by atoms with Gasteiger partial charge in [0.2, 0.25) is 0 Å². The van der Waals surface area contributed by atoms with E-state index in [1.807, 2.05) is 30.3 Å². The third-order valence-corrected chi connectivity index (χ3v) is 3.56. The fraction of sp³-hybridized carbons (Fsp3) is 0.176. The summed E-state index contributed by atoms with van der Waals surface area (Å²) in [6.45, 7) is -0.0210. The molecule has 0 fully saturated rings. The first kappa shape index (κ1) is 15.7. The van der Waals surface area contributed by atoms with Gasteiger partial charge in [0.1, 0.15) is 0 Å². The maximum Gasteiger partial charge on any atom is 0.405 e. The number of hydrazone groups is 1. The van der Waals surface area contributed by atoms with Crippen molar-refractivity contribution in [3.05, 3.63) is 71.2 Å². The number of carbonyl (C=O) groups is 2. The number of carbonyl (C=O) groups excluding carboxylic acids is 2. The van der Waals surface area contributed by atoms with Crippen molar-refractivity contribution in [3.8, 4) is 0 Å². The van der Waals surface area contributed by atoms with Gasteiger partial charge >= 0.3 is 11.7 Å². The number of aromatic nitrogens is 1. The molecule has 0 radical (unpaired) electrons. The van der Waals surface area contributed by atoms with Gasteiger partial charge in [-0.2, -0.15) is 9.83 Å². The Kier molecular flexibility index (Phi) is 4.51. The van der Waals surface area contributed by atoms with E-state index >= 15 is 0 Å². The van der Waals surface area contributed by atoms with Crippen molar-refractivity contribution in [2.75, 3.05) is 13.2 Å². The van der Waals surface area contributed by atoms with E-state index in [1.54, 1.807) is 6.07 Å². The zero-order chi connectivity index (χ0) is 16.9. The summed E-state index contributed by atoms with van der Waals surface area (Å²) in [5.41, 5.74) is 1.61. The molecule has 7 nitrogen and oxygen atoms in total. The third-order valence-electron chi connectivity index (χ3n) is 3.56. The Morgan fingerprint density at radius 2 is 1.92 bits per heavy atom. The first-order valence-corrected chi connectivity index (χ1v) is 7.44. The van der Waals surface area contributed by atoms with E-state index in [0.717, 1.165) is 11.3 Å². The van der Waals surface area contributed by atoms with Crippen LogP contribution in [0.2, 0.25) is 0 Å². The van der Waals surface area contributed by atoms with E-state index in [2.05, 4.69) is 5.10 Å². The van der Waals surface area contributed by atoms with E-state index in [0.29, 0.717) is 17.7 Å². The Morgan fingerprint density at radius 1 is 1.17 bits per heavy atom. The highest BCUT2D eigenvalue weighted by Crippen LogP contribution is 2.13. The van der Waals surface area contributed by atoms with Crippen molar-refractivity contribution in [1.82, 2.24) is 5.01 Å². The van der Waals surface area contributed by atoms with Crippen molar-refractivity contribution in [2.45, 2.75) is 6.42 Å². The fourth-order valence-electron chi connectivity index (χ4n) is 2.33. The molecule has 0 unspecified atom stereocenters. The molecule has 0 N–H and O–H groups in total. The molecule has 3 rings (SSSR count). The van der Waals surface area contributed by atoms with Crippen LogP contribution < -0.4 is 4.73 Å². The molecule has 1 aromatic heterocycles. The monoisotopic (exact) mass is 325 g/mol. The average molecular weight is 325 g/mol. The summed E-state index contributed by atoms with van der Waals surface area (Å²) in [7, 11) is 0. The second-order valence-electron chi connectivity index (χ2n) is 5.17. The lowest BCUT2D eigenvalue weighted by atomic mass is 10.1. The summed E-state index contributed by atoms with van der Waals surface area (Å²) in [6, 6.07) is 14.0. The van der Waals surface area contributed by atoms with Gasteiger partial charge < -0.3 is 9.94 Å². The van der Waals surface area contributed by atoms with Gasteiger partial charge in [0, 0.05) is 18.6 Å². The molecule has 0 saturated carbocycles. The Bertz CT molecular complexity index is 789. The lowest BCUT2D eigenvalue weighted by molar-refractivity contribution is -0.608. The molecular formula is C17H15N3O4. The van der Waals surface area contributed by atoms with Crippen molar-refractivity contribution < 1.29 is 19.1 Å². The molecule has 1 aliphatic heterocycles. The predicted octanol–water partition coefficient (Wildman–Crippen LogP) is 1.11. The molecule has 0 bridgehead atoms. The summed E-state index contributed by atoms with van der Waals surface area (Å²) in [4.78, 5) is 23.9. The van der Waals surface area contributed by atoms with Crippen molar-refractivity contribution in [2.24, 2.45) is 5.10 Å². The standard InChI is InChI=1S/C17H15N3O4/c21-16(12-24-17(22)15-8-4-5-10-20(15)23)19-11-9-14(18-19)13-6-2-1-3-7-13/h1-8,10H,9,11-12H2. The fourth-order valence-corrected chi connectivity index (χ4v) is 2.33. The topological polar surface area (TPSA) is 85.9 Å². The molecule has 2 aromatic rings. The number of pyridine rings is 1. The van der Waals surface area contributed by atoms with E-state index in [9.17, 15) is 14.8 Å². The Balaban J connectivity index is 1.59. The quantitative estimate of drug-likeness (QED) is 0.479. The van der Waals surface area contributed by atoms with Crippen LogP contribution in [-0.2, 0) is 9.53 Å². The second kappa shape index (κ2) is 6.91. The van der Waals surface area contributed by atoms with Gasteiger partial charge in [-0.1, -0.05) is 30.3 Å². The van der Waals surface area contributed by atoms with Crippen LogP contribution in [0.3, 0.4) is 0 Å². The summed E-state index contributed by atoms with van der Waals surface area (Å²) in [6.07, 6.45) is 1.83. The maximum absolute atomic E-state index is 12.1. The molecule has 1 aromatic carbocycles. The Labute approximate surface area is 138 Å². The number of rotatable bonds is 4.